The molecule has 6 heteroatoms. The lowest BCUT2D eigenvalue weighted by molar-refractivity contribution is -0.132. The van der Waals surface area contributed by atoms with Crippen LogP contribution in [-0.4, -0.2) is 71.4 Å². The van der Waals surface area contributed by atoms with Crippen LogP contribution in [0.3, 0.4) is 0 Å². The Hall–Kier alpha value is -2.08. The number of urea groups is 1. The van der Waals surface area contributed by atoms with Crippen LogP contribution in [0.15, 0.2) is 30.3 Å². The van der Waals surface area contributed by atoms with Gasteiger partial charge in [-0.25, -0.2) is 4.79 Å². The molecule has 1 aromatic rings. The number of nitrogens with one attached hydrogen (secondary N) is 1. The van der Waals surface area contributed by atoms with Crippen LogP contribution < -0.4 is 5.32 Å². The van der Waals surface area contributed by atoms with Gasteiger partial charge in [-0.1, -0.05) is 43.2 Å². The van der Waals surface area contributed by atoms with Gasteiger partial charge in [0.25, 0.3) is 0 Å². The summed E-state index contributed by atoms with van der Waals surface area (Å²) in [6.07, 6.45) is 6.49. The maximum absolute atomic E-state index is 13.0. The number of benzene rings is 1. The Morgan fingerprint density at radius 3 is 2.50 bits per heavy atom. The first-order valence-electron chi connectivity index (χ1n) is 10.8. The van der Waals surface area contributed by atoms with Crippen molar-refractivity contribution in [2.45, 2.75) is 57.2 Å². The molecule has 0 bridgehead atoms. The van der Waals surface area contributed by atoms with Crippen molar-refractivity contribution in [1.29, 1.82) is 0 Å². The summed E-state index contributed by atoms with van der Waals surface area (Å²) < 4.78 is 0. The topological polar surface area (TPSA) is 55.9 Å². The minimum absolute atomic E-state index is 0.0263. The first-order valence-corrected chi connectivity index (χ1v) is 10.8. The molecule has 0 unspecified atom stereocenters. The van der Waals surface area contributed by atoms with E-state index in [1.54, 1.807) is 0 Å². The van der Waals surface area contributed by atoms with Crippen LogP contribution in [0.25, 0.3) is 0 Å². The Morgan fingerprint density at radius 2 is 1.71 bits per heavy atom. The van der Waals surface area contributed by atoms with Crippen molar-refractivity contribution in [2.24, 2.45) is 0 Å². The Bertz CT molecular complexity index is 674. The first kappa shape index (κ1) is 19.2. The summed E-state index contributed by atoms with van der Waals surface area (Å²) in [4.78, 5) is 31.8. The summed E-state index contributed by atoms with van der Waals surface area (Å²) in [6.45, 7) is 4.68. The molecule has 1 saturated carbocycles. The van der Waals surface area contributed by atoms with E-state index in [1.807, 2.05) is 28.0 Å². The highest BCUT2D eigenvalue weighted by Gasteiger charge is 2.36. The number of carbonyl (C=O) groups excluding carboxylic acids is 2. The summed E-state index contributed by atoms with van der Waals surface area (Å²) >= 11 is 0. The molecular formula is C22H32N4O2. The largest absolute Gasteiger partial charge is 0.337 e. The molecule has 6 nitrogen and oxygen atoms in total. The summed E-state index contributed by atoms with van der Waals surface area (Å²) in [5, 5.41) is 3.20. The van der Waals surface area contributed by atoms with Gasteiger partial charge < -0.3 is 15.1 Å². The van der Waals surface area contributed by atoms with Gasteiger partial charge in [-0.05, 0) is 31.2 Å². The van der Waals surface area contributed by atoms with E-state index in [0.717, 1.165) is 51.9 Å². The lowest BCUT2D eigenvalue weighted by atomic mass is 10.2. The summed E-state index contributed by atoms with van der Waals surface area (Å²) in [7, 11) is 0. The monoisotopic (exact) mass is 384 g/mol. The van der Waals surface area contributed by atoms with Crippen LogP contribution in [0.1, 0.15) is 44.1 Å². The van der Waals surface area contributed by atoms with Crippen molar-refractivity contribution in [1.82, 2.24) is 20.0 Å². The molecule has 2 aliphatic heterocycles. The zero-order chi connectivity index (χ0) is 19.3. The second-order valence-corrected chi connectivity index (χ2v) is 8.36. The van der Waals surface area contributed by atoms with Crippen molar-refractivity contribution in [3.63, 3.8) is 0 Å². The average molecular weight is 385 g/mol. The number of nitrogens with zero attached hydrogens (tertiary/aromatic N) is 3. The molecule has 28 heavy (non-hydrogen) atoms. The third-order valence-electron chi connectivity index (χ3n) is 6.43. The fourth-order valence-electron chi connectivity index (χ4n) is 4.81. The van der Waals surface area contributed by atoms with E-state index in [-0.39, 0.29) is 18.0 Å². The molecule has 3 fully saturated rings. The van der Waals surface area contributed by atoms with Crippen molar-refractivity contribution in [2.75, 3.05) is 32.7 Å². The molecule has 1 aromatic carbocycles. The molecule has 0 spiro atoms. The van der Waals surface area contributed by atoms with Gasteiger partial charge in [0.15, 0.2) is 0 Å². The molecule has 0 aromatic heterocycles. The Kier molecular flexibility index (Phi) is 6.15. The Balaban J connectivity index is 1.29. The van der Waals surface area contributed by atoms with Crippen LogP contribution in [-0.2, 0) is 11.3 Å². The molecule has 1 aliphatic carbocycles. The zero-order valence-corrected chi connectivity index (χ0v) is 16.7. The first-order chi connectivity index (χ1) is 13.7. The van der Waals surface area contributed by atoms with Crippen LogP contribution in [0.2, 0.25) is 0 Å². The van der Waals surface area contributed by atoms with Crippen LogP contribution >= 0.6 is 0 Å². The van der Waals surface area contributed by atoms with Crippen molar-refractivity contribution >= 4 is 11.9 Å². The summed E-state index contributed by atoms with van der Waals surface area (Å²) in [5.41, 5.74) is 1.18. The van der Waals surface area contributed by atoms with E-state index in [1.165, 1.54) is 18.4 Å². The van der Waals surface area contributed by atoms with Crippen LogP contribution in [0.4, 0.5) is 4.79 Å². The summed E-state index contributed by atoms with van der Waals surface area (Å²) in [6, 6.07) is 10.6. The molecule has 3 amide bonds. The van der Waals surface area contributed by atoms with E-state index >= 15 is 0 Å². The van der Waals surface area contributed by atoms with Gasteiger partial charge in [0.2, 0.25) is 5.91 Å². The van der Waals surface area contributed by atoms with E-state index < -0.39 is 0 Å². The molecule has 0 radical (unpaired) electrons. The fraction of sp³-hybridized carbons (Fsp3) is 0.636. The Labute approximate surface area is 167 Å². The minimum atomic E-state index is -0.0263. The Morgan fingerprint density at radius 1 is 0.929 bits per heavy atom. The summed E-state index contributed by atoms with van der Waals surface area (Å²) in [5.74, 6) is 0.243. The highest BCUT2D eigenvalue weighted by molar-refractivity contribution is 5.84. The highest BCUT2D eigenvalue weighted by Crippen LogP contribution is 2.22. The standard InChI is InChI=1S/C22H32N4O2/c27-21-20(11-14-26(21)17-18-7-2-1-3-8-18)24-12-6-13-25(16-15-24)22(28)23-19-9-4-5-10-19/h1-3,7-8,19-20H,4-6,9-17H2,(H,23,28)/t20-/m0/s1. The second kappa shape index (κ2) is 8.95. The minimum Gasteiger partial charge on any atom is -0.337 e. The van der Waals surface area contributed by atoms with E-state index in [2.05, 4.69) is 22.3 Å². The maximum atomic E-state index is 13.0. The molecule has 3 aliphatic rings. The number of hydrogen-bond donors (Lipinski definition) is 1. The van der Waals surface area contributed by atoms with Crippen molar-refractivity contribution in [3.05, 3.63) is 35.9 Å². The second-order valence-electron chi connectivity index (χ2n) is 8.36. The van der Waals surface area contributed by atoms with Crippen LogP contribution in [0.5, 0.6) is 0 Å². The number of amides is 3. The zero-order valence-electron chi connectivity index (χ0n) is 16.7. The quantitative estimate of drug-likeness (QED) is 0.868. The van der Waals surface area contributed by atoms with Gasteiger partial charge in [0, 0.05) is 45.3 Å². The molecule has 1 atom stereocenters. The third-order valence-corrected chi connectivity index (χ3v) is 6.43. The molecule has 4 rings (SSSR count). The van der Waals surface area contributed by atoms with Crippen molar-refractivity contribution < 1.29 is 9.59 Å². The number of rotatable bonds is 4. The molecular weight excluding hydrogens is 352 g/mol. The number of hydrogen-bond acceptors (Lipinski definition) is 3. The normalized spacial score (nSPS) is 24.6. The molecule has 2 saturated heterocycles. The molecule has 1 N–H and O–H groups in total. The predicted molar refractivity (Wildman–Crippen MR) is 109 cm³/mol. The SMILES string of the molecule is O=C(NC1CCCC1)N1CCCN([C@H]2CCN(Cc3ccccc3)C2=O)CC1. The van der Waals surface area contributed by atoms with Gasteiger partial charge in [-0.3, -0.25) is 9.69 Å². The number of likely N-dealkylation sites (tertiary alicyclic amines) is 1. The van der Waals surface area contributed by atoms with Gasteiger partial charge in [0.1, 0.15) is 0 Å². The van der Waals surface area contributed by atoms with E-state index in [0.29, 0.717) is 19.1 Å². The van der Waals surface area contributed by atoms with Crippen LogP contribution in [0, 0.1) is 0 Å². The van der Waals surface area contributed by atoms with Crippen molar-refractivity contribution in [3.8, 4) is 0 Å². The average Bonchev–Trinajstić information content (AvgIpc) is 3.26. The van der Waals surface area contributed by atoms with Gasteiger partial charge in [-0.2, -0.15) is 0 Å². The third kappa shape index (κ3) is 4.49. The smallest absolute Gasteiger partial charge is 0.317 e. The van der Waals surface area contributed by atoms with Gasteiger partial charge in [-0.15, -0.1) is 0 Å². The van der Waals surface area contributed by atoms with E-state index in [9.17, 15) is 9.59 Å². The van der Waals surface area contributed by atoms with Gasteiger partial charge >= 0.3 is 6.03 Å². The fourth-order valence-corrected chi connectivity index (χ4v) is 4.81. The van der Waals surface area contributed by atoms with E-state index in [4.69, 9.17) is 0 Å². The number of carbonyl (C=O) groups is 2. The van der Waals surface area contributed by atoms with Gasteiger partial charge in [0.05, 0.1) is 6.04 Å². The molecule has 2 heterocycles. The lowest BCUT2D eigenvalue weighted by Crippen LogP contribution is -2.47. The highest BCUT2D eigenvalue weighted by atomic mass is 16.2. The maximum Gasteiger partial charge on any atom is 0.317 e. The lowest BCUT2D eigenvalue weighted by Gasteiger charge is -2.27. The molecule has 152 valence electrons. The predicted octanol–water partition coefficient (Wildman–Crippen LogP) is 2.45.